The van der Waals surface area contributed by atoms with E-state index in [4.69, 9.17) is 4.74 Å². The van der Waals surface area contributed by atoms with Crippen molar-refractivity contribution in [2.45, 2.75) is 58.1 Å². The summed E-state index contributed by atoms with van der Waals surface area (Å²) in [5, 5.41) is 10.2. The Balaban J connectivity index is 1.34. The zero-order chi connectivity index (χ0) is 25.2. The quantitative estimate of drug-likeness (QED) is 0.411. The Kier molecular flexibility index (Phi) is 7.71. The molecule has 1 saturated heterocycles. The summed E-state index contributed by atoms with van der Waals surface area (Å²) in [6.07, 6.45) is 5.12. The van der Waals surface area contributed by atoms with E-state index in [1.165, 1.54) is 0 Å². The van der Waals surface area contributed by atoms with Crippen molar-refractivity contribution in [2.75, 3.05) is 42.1 Å². The average Bonchev–Trinajstić information content (AvgIpc) is 3.35. The van der Waals surface area contributed by atoms with Gasteiger partial charge in [0.1, 0.15) is 5.60 Å². The Morgan fingerprint density at radius 3 is 2.63 bits per heavy atom. The molecule has 2 aromatic heterocycles. The average molecular weight is 574 g/mol. The molecule has 1 amide bonds. The molecule has 1 saturated carbocycles. The summed E-state index contributed by atoms with van der Waals surface area (Å²) < 4.78 is 35.2. The van der Waals surface area contributed by atoms with Gasteiger partial charge in [0.05, 0.1) is 16.4 Å². The second-order valence-electron chi connectivity index (χ2n) is 10.1. The summed E-state index contributed by atoms with van der Waals surface area (Å²) in [7, 11) is -3.39. The Bertz CT molecular complexity index is 1150. The van der Waals surface area contributed by atoms with Gasteiger partial charge >= 0.3 is 6.09 Å². The van der Waals surface area contributed by atoms with Gasteiger partial charge < -0.3 is 20.3 Å². The van der Waals surface area contributed by atoms with Crippen LogP contribution in [-0.4, -0.2) is 77.7 Å². The van der Waals surface area contributed by atoms with Crippen LogP contribution in [0.3, 0.4) is 0 Å². The van der Waals surface area contributed by atoms with Crippen LogP contribution < -0.4 is 20.3 Å². The molecule has 4 rings (SSSR count). The van der Waals surface area contributed by atoms with E-state index >= 15 is 0 Å². The van der Waals surface area contributed by atoms with Crippen LogP contribution in [0.1, 0.15) is 46.5 Å². The van der Waals surface area contributed by atoms with Crippen molar-refractivity contribution >= 4 is 49.6 Å². The number of aromatic nitrogens is 4. The van der Waals surface area contributed by atoms with Crippen LogP contribution in [0.15, 0.2) is 10.7 Å². The standard InChI is InChI=1S/C21H33BrN8O4S/c1-21(2,3)34-20(31)24-10-14-12-29(13-14)19-26-17-16(22)11-25-30(17)18(27-19)23-8-9-35(32,33)28-15-6-4-5-7-15/h11,14-15,28H,4-10,12-13H2,1-3H3,(H,24,31)(H,23,26,27). The Hall–Kier alpha value is -2.19. The normalized spacial score (nSPS) is 17.5. The molecule has 194 valence electrons. The third-order valence-electron chi connectivity index (χ3n) is 5.84. The van der Waals surface area contributed by atoms with Crippen molar-refractivity contribution in [1.82, 2.24) is 29.6 Å². The molecule has 0 atom stereocenters. The van der Waals surface area contributed by atoms with E-state index in [0.29, 0.717) is 41.7 Å². The number of fused-ring (bicyclic) bond motifs is 1. The van der Waals surface area contributed by atoms with Crippen molar-refractivity contribution in [3.8, 4) is 0 Å². The van der Waals surface area contributed by atoms with E-state index in [1.54, 1.807) is 10.7 Å². The van der Waals surface area contributed by atoms with Crippen molar-refractivity contribution < 1.29 is 17.9 Å². The number of rotatable bonds is 9. The summed E-state index contributed by atoms with van der Waals surface area (Å²) in [6, 6.07) is 0.0450. The monoisotopic (exact) mass is 572 g/mol. The fraction of sp³-hybridized carbons (Fsp3) is 0.714. The van der Waals surface area contributed by atoms with Crippen molar-refractivity contribution in [2.24, 2.45) is 5.92 Å². The number of carbonyl (C=O) groups is 1. The lowest BCUT2D eigenvalue weighted by atomic mass is 10.0. The summed E-state index contributed by atoms with van der Waals surface area (Å²) in [5.41, 5.74) is 0.0483. The molecule has 0 aromatic carbocycles. The minimum Gasteiger partial charge on any atom is -0.444 e. The van der Waals surface area contributed by atoms with E-state index in [-0.39, 0.29) is 24.3 Å². The van der Waals surface area contributed by atoms with Gasteiger partial charge in [-0.25, -0.2) is 17.9 Å². The molecule has 2 aliphatic rings. The number of amides is 1. The molecule has 1 aliphatic heterocycles. The zero-order valence-corrected chi connectivity index (χ0v) is 22.7. The topological polar surface area (TPSA) is 143 Å². The number of halogens is 1. The number of nitrogens with one attached hydrogen (secondary N) is 3. The summed E-state index contributed by atoms with van der Waals surface area (Å²) in [5.74, 6) is 1.12. The molecule has 3 heterocycles. The lowest BCUT2D eigenvalue weighted by molar-refractivity contribution is 0.0516. The fourth-order valence-corrected chi connectivity index (χ4v) is 5.73. The van der Waals surface area contributed by atoms with Gasteiger partial charge in [0.25, 0.3) is 0 Å². The number of hydrogen-bond donors (Lipinski definition) is 3. The highest BCUT2D eigenvalue weighted by atomic mass is 79.9. The van der Waals surface area contributed by atoms with Gasteiger partial charge in [-0.05, 0) is 49.5 Å². The largest absolute Gasteiger partial charge is 0.444 e. The molecular weight excluding hydrogens is 540 g/mol. The first-order valence-electron chi connectivity index (χ1n) is 11.9. The molecule has 1 aliphatic carbocycles. The number of hydrogen-bond acceptors (Lipinski definition) is 9. The SMILES string of the molecule is CC(C)(C)OC(=O)NCC1CN(c2nc(NCCS(=O)(=O)NC3CCCC3)n3ncc(Br)c3n2)C1. The number of carbonyl (C=O) groups excluding carboxylic acids is 1. The molecule has 14 heteroatoms. The molecule has 3 N–H and O–H groups in total. The number of alkyl carbamates (subject to hydrolysis) is 1. The van der Waals surface area contributed by atoms with Crippen molar-refractivity contribution in [1.29, 1.82) is 0 Å². The summed E-state index contributed by atoms with van der Waals surface area (Å²) >= 11 is 3.46. The van der Waals surface area contributed by atoms with Crippen LogP contribution >= 0.6 is 15.9 Å². The van der Waals surface area contributed by atoms with E-state index in [0.717, 1.165) is 25.7 Å². The lowest BCUT2D eigenvalue weighted by Gasteiger charge is -2.39. The van der Waals surface area contributed by atoms with Crippen LogP contribution in [0.5, 0.6) is 0 Å². The number of ether oxygens (including phenoxy) is 1. The molecular formula is C21H33BrN8O4S. The van der Waals surface area contributed by atoms with Crippen LogP contribution in [0.25, 0.3) is 5.65 Å². The predicted octanol–water partition coefficient (Wildman–Crippen LogP) is 2.12. The second kappa shape index (κ2) is 10.4. The Morgan fingerprint density at radius 2 is 1.94 bits per heavy atom. The molecule has 2 fully saturated rings. The highest BCUT2D eigenvalue weighted by Crippen LogP contribution is 2.26. The highest BCUT2D eigenvalue weighted by molar-refractivity contribution is 9.10. The van der Waals surface area contributed by atoms with E-state index in [2.05, 4.69) is 46.4 Å². The molecule has 0 radical (unpaired) electrons. The Morgan fingerprint density at radius 1 is 1.23 bits per heavy atom. The van der Waals surface area contributed by atoms with Crippen LogP contribution in [-0.2, 0) is 14.8 Å². The Labute approximate surface area is 213 Å². The van der Waals surface area contributed by atoms with E-state index in [1.807, 2.05) is 25.7 Å². The minimum atomic E-state index is -3.39. The fourth-order valence-electron chi connectivity index (χ4n) is 4.15. The van der Waals surface area contributed by atoms with Gasteiger partial charge in [-0.15, -0.1) is 0 Å². The number of nitrogens with zero attached hydrogens (tertiary/aromatic N) is 5. The molecule has 0 bridgehead atoms. The summed E-state index contributed by atoms with van der Waals surface area (Å²) in [6.45, 7) is 7.52. The van der Waals surface area contributed by atoms with E-state index < -0.39 is 21.7 Å². The van der Waals surface area contributed by atoms with Crippen LogP contribution in [0.2, 0.25) is 0 Å². The first-order valence-corrected chi connectivity index (χ1v) is 14.3. The maximum absolute atomic E-state index is 12.4. The van der Waals surface area contributed by atoms with Gasteiger partial charge in [0.15, 0.2) is 5.65 Å². The highest BCUT2D eigenvalue weighted by Gasteiger charge is 2.31. The second-order valence-corrected chi connectivity index (χ2v) is 12.8. The van der Waals surface area contributed by atoms with Crippen LogP contribution in [0.4, 0.5) is 16.7 Å². The molecule has 0 unspecified atom stereocenters. The van der Waals surface area contributed by atoms with Gasteiger partial charge in [-0.2, -0.15) is 19.6 Å². The van der Waals surface area contributed by atoms with Crippen LogP contribution in [0, 0.1) is 5.92 Å². The first-order chi connectivity index (χ1) is 16.5. The van der Waals surface area contributed by atoms with Crippen molar-refractivity contribution in [3.63, 3.8) is 0 Å². The molecule has 0 spiro atoms. The molecule has 12 nitrogen and oxygen atoms in total. The minimum absolute atomic E-state index is 0.0450. The van der Waals surface area contributed by atoms with Gasteiger partial charge in [-0.3, -0.25) is 0 Å². The number of sulfonamides is 1. The van der Waals surface area contributed by atoms with Crippen molar-refractivity contribution in [3.05, 3.63) is 10.7 Å². The predicted molar refractivity (Wildman–Crippen MR) is 136 cm³/mol. The van der Waals surface area contributed by atoms with Gasteiger partial charge in [0.2, 0.25) is 21.9 Å². The first kappa shape index (κ1) is 25.9. The van der Waals surface area contributed by atoms with Gasteiger partial charge in [-0.1, -0.05) is 12.8 Å². The third-order valence-corrected chi connectivity index (χ3v) is 7.84. The number of anilines is 2. The maximum atomic E-state index is 12.4. The lowest BCUT2D eigenvalue weighted by Crippen LogP contribution is -2.52. The zero-order valence-electron chi connectivity index (χ0n) is 20.3. The maximum Gasteiger partial charge on any atom is 0.407 e. The van der Waals surface area contributed by atoms with Gasteiger partial charge in [0, 0.05) is 38.1 Å². The van der Waals surface area contributed by atoms with E-state index in [9.17, 15) is 13.2 Å². The third kappa shape index (κ3) is 6.94. The molecule has 2 aromatic rings. The molecule has 35 heavy (non-hydrogen) atoms. The summed E-state index contributed by atoms with van der Waals surface area (Å²) in [4.78, 5) is 23.1. The smallest absolute Gasteiger partial charge is 0.407 e.